The number of anilines is 1. The molecule has 0 amide bonds. The number of nitrogen functional groups attached to an aromatic ring is 1. The first-order valence-corrected chi connectivity index (χ1v) is 7.53. The van der Waals surface area contributed by atoms with Crippen LogP contribution in [0, 0.1) is 0 Å². The van der Waals surface area contributed by atoms with Crippen molar-refractivity contribution in [1.82, 2.24) is 4.31 Å². The average Bonchev–Trinajstić information content (AvgIpc) is 2.37. The average molecular weight is 307 g/mol. The molecule has 0 saturated carbocycles. The number of hydrogen-bond acceptors (Lipinski definition) is 3. The first kappa shape index (κ1) is 13.7. The first-order valence-electron chi connectivity index (χ1n) is 5.33. The van der Waals surface area contributed by atoms with Crippen molar-refractivity contribution in [3.8, 4) is 0 Å². The Labute approximate surface area is 116 Å². The zero-order valence-electron chi connectivity index (χ0n) is 9.44. The van der Waals surface area contributed by atoms with E-state index in [0.717, 1.165) is 0 Å². The fraction of sp³-hybridized carbons (Fsp3) is 0.273. The van der Waals surface area contributed by atoms with E-state index in [4.69, 9.17) is 28.9 Å². The molecule has 0 unspecified atom stereocenters. The van der Waals surface area contributed by atoms with Gasteiger partial charge in [0.25, 0.3) is 0 Å². The van der Waals surface area contributed by atoms with Gasteiger partial charge in [-0.15, -0.1) is 0 Å². The summed E-state index contributed by atoms with van der Waals surface area (Å²) in [7, 11) is -3.62. The Balaban J connectivity index is 2.48. The topological polar surface area (TPSA) is 63.4 Å². The Hall–Kier alpha value is -0.750. The van der Waals surface area contributed by atoms with Gasteiger partial charge in [0.15, 0.2) is 0 Å². The van der Waals surface area contributed by atoms with Gasteiger partial charge in [0, 0.05) is 13.1 Å². The molecular formula is C11H12Cl2N2O2S. The normalized spacial score (nSPS) is 17.0. The summed E-state index contributed by atoms with van der Waals surface area (Å²) in [4.78, 5) is 0.00127. The van der Waals surface area contributed by atoms with Gasteiger partial charge in [0.05, 0.1) is 15.7 Å². The number of sulfonamides is 1. The summed E-state index contributed by atoms with van der Waals surface area (Å²) in [6, 6.07) is 2.82. The van der Waals surface area contributed by atoms with E-state index in [1.165, 1.54) is 16.4 Å². The lowest BCUT2D eigenvalue weighted by Crippen LogP contribution is -2.34. The van der Waals surface area contributed by atoms with Crippen molar-refractivity contribution >= 4 is 38.9 Å². The van der Waals surface area contributed by atoms with E-state index in [9.17, 15) is 8.42 Å². The number of nitrogens with two attached hydrogens (primary N) is 1. The van der Waals surface area contributed by atoms with Crippen LogP contribution in [0.5, 0.6) is 0 Å². The van der Waals surface area contributed by atoms with Crippen LogP contribution in [-0.4, -0.2) is 25.8 Å². The SMILES string of the molecule is Nc1c(Cl)ccc(S(=O)(=O)N2CC=CCC2)c1Cl. The van der Waals surface area contributed by atoms with E-state index in [0.29, 0.717) is 19.5 Å². The van der Waals surface area contributed by atoms with Crippen LogP contribution < -0.4 is 5.73 Å². The Morgan fingerprint density at radius 2 is 1.94 bits per heavy atom. The van der Waals surface area contributed by atoms with E-state index in [-0.39, 0.29) is 20.6 Å². The second-order valence-corrected chi connectivity index (χ2v) is 6.59. The molecule has 0 saturated heterocycles. The van der Waals surface area contributed by atoms with E-state index < -0.39 is 10.0 Å². The molecule has 1 heterocycles. The number of hydrogen-bond donors (Lipinski definition) is 1. The minimum Gasteiger partial charge on any atom is -0.396 e. The van der Waals surface area contributed by atoms with Gasteiger partial charge in [0.1, 0.15) is 4.90 Å². The fourth-order valence-electron chi connectivity index (χ4n) is 1.73. The predicted octanol–water partition coefficient (Wildman–Crippen LogP) is 2.53. The minimum atomic E-state index is -3.62. The van der Waals surface area contributed by atoms with Gasteiger partial charge in [-0.05, 0) is 18.6 Å². The summed E-state index contributed by atoms with van der Waals surface area (Å²) < 4.78 is 26.1. The maximum atomic E-state index is 12.4. The molecule has 1 aliphatic heterocycles. The Morgan fingerprint density at radius 3 is 2.56 bits per heavy atom. The quantitative estimate of drug-likeness (QED) is 0.674. The number of halogens is 2. The molecule has 4 nitrogen and oxygen atoms in total. The highest BCUT2D eigenvalue weighted by Gasteiger charge is 2.27. The molecule has 2 rings (SSSR count). The molecule has 98 valence electrons. The third-order valence-corrected chi connectivity index (χ3v) is 5.49. The van der Waals surface area contributed by atoms with Crippen LogP contribution in [0.2, 0.25) is 10.0 Å². The van der Waals surface area contributed by atoms with Crippen molar-refractivity contribution in [3.05, 3.63) is 34.3 Å². The van der Waals surface area contributed by atoms with E-state index >= 15 is 0 Å². The molecule has 7 heteroatoms. The molecule has 0 radical (unpaired) electrons. The Bertz CT molecular complexity index is 599. The third-order valence-electron chi connectivity index (χ3n) is 2.73. The Morgan fingerprint density at radius 1 is 1.22 bits per heavy atom. The van der Waals surface area contributed by atoms with Crippen molar-refractivity contribution in [2.24, 2.45) is 0 Å². The molecule has 0 atom stereocenters. The first-order chi connectivity index (χ1) is 8.44. The monoisotopic (exact) mass is 306 g/mol. The maximum Gasteiger partial charge on any atom is 0.244 e. The van der Waals surface area contributed by atoms with Gasteiger partial charge in [-0.3, -0.25) is 0 Å². The molecule has 0 spiro atoms. The Kier molecular flexibility index (Phi) is 3.87. The molecule has 0 fully saturated rings. The van der Waals surface area contributed by atoms with Gasteiger partial charge >= 0.3 is 0 Å². The molecule has 0 aromatic heterocycles. The highest BCUT2D eigenvalue weighted by molar-refractivity contribution is 7.89. The van der Waals surface area contributed by atoms with Gasteiger partial charge in [0.2, 0.25) is 10.0 Å². The second-order valence-electron chi connectivity index (χ2n) is 3.90. The van der Waals surface area contributed by atoms with Crippen molar-refractivity contribution in [2.75, 3.05) is 18.8 Å². The summed E-state index contributed by atoms with van der Waals surface area (Å²) >= 11 is 11.8. The molecular weight excluding hydrogens is 295 g/mol. The van der Waals surface area contributed by atoms with Crippen molar-refractivity contribution < 1.29 is 8.42 Å². The lowest BCUT2D eigenvalue weighted by Gasteiger charge is -2.23. The predicted molar refractivity (Wildman–Crippen MR) is 73.4 cm³/mol. The molecule has 1 aromatic rings. The second kappa shape index (κ2) is 5.09. The maximum absolute atomic E-state index is 12.4. The fourth-order valence-corrected chi connectivity index (χ4v) is 3.87. The molecule has 18 heavy (non-hydrogen) atoms. The number of nitrogens with zero attached hydrogens (tertiary/aromatic N) is 1. The smallest absolute Gasteiger partial charge is 0.244 e. The van der Waals surface area contributed by atoms with Crippen molar-refractivity contribution in [1.29, 1.82) is 0 Å². The standard InChI is InChI=1S/C11H12Cl2N2O2S/c12-8-4-5-9(10(13)11(8)14)18(16,17)15-6-2-1-3-7-15/h1-2,4-5H,3,6-7,14H2. The summed E-state index contributed by atoms with van der Waals surface area (Å²) in [6.45, 7) is 0.791. The van der Waals surface area contributed by atoms with Gasteiger partial charge < -0.3 is 5.73 Å². The lowest BCUT2D eigenvalue weighted by molar-refractivity contribution is 0.437. The molecule has 1 aromatic carbocycles. The van der Waals surface area contributed by atoms with Crippen LogP contribution in [-0.2, 0) is 10.0 Å². The summed E-state index contributed by atoms with van der Waals surface area (Å²) in [5.74, 6) is 0. The zero-order valence-corrected chi connectivity index (χ0v) is 11.8. The largest absolute Gasteiger partial charge is 0.396 e. The van der Waals surface area contributed by atoms with Crippen molar-refractivity contribution in [3.63, 3.8) is 0 Å². The van der Waals surface area contributed by atoms with E-state index in [1.807, 2.05) is 12.2 Å². The number of rotatable bonds is 2. The number of benzene rings is 1. The highest BCUT2D eigenvalue weighted by atomic mass is 35.5. The molecule has 2 N–H and O–H groups in total. The van der Waals surface area contributed by atoms with E-state index in [2.05, 4.69) is 0 Å². The van der Waals surface area contributed by atoms with Gasteiger partial charge in [-0.1, -0.05) is 35.4 Å². The zero-order chi connectivity index (χ0) is 13.3. The molecule has 0 aliphatic carbocycles. The summed E-state index contributed by atoms with van der Waals surface area (Å²) in [6.07, 6.45) is 4.46. The van der Waals surface area contributed by atoms with Crippen LogP contribution in [0.25, 0.3) is 0 Å². The molecule has 0 bridgehead atoms. The van der Waals surface area contributed by atoms with Crippen LogP contribution >= 0.6 is 23.2 Å². The summed E-state index contributed by atoms with van der Waals surface area (Å²) in [5.41, 5.74) is 5.74. The van der Waals surface area contributed by atoms with Crippen LogP contribution in [0.4, 0.5) is 5.69 Å². The van der Waals surface area contributed by atoms with Crippen LogP contribution in [0.3, 0.4) is 0 Å². The summed E-state index contributed by atoms with van der Waals surface area (Å²) in [5, 5.41) is 0.231. The van der Waals surface area contributed by atoms with Gasteiger partial charge in [-0.25, -0.2) is 8.42 Å². The van der Waals surface area contributed by atoms with Crippen LogP contribution in [0.15, 0.2) is 29.2 Å². The van der Waals surface area contributed by atoms with Gasteiger partial charge in [-0.2, -0.15) is 4.31 Å². The lowest BCUT2D eigenvalue weighted by atomic mass is 10.3. The van der Waals surface area contributed by atoms with Crippen LogP contribution in [0.1, 0.15) is 6.42 Å². The molecule has 1 aliphatic rings. The van der Waals surface area contributed by atoms with Crippen molar-refractivity contribution in [2.45, 2.75) is 11.3 Å². The van der Waals surface area contributed by atoms with E-state index in [1.54, 1.807) is 0 Å². The minimum absolute atomic E-state index is 0.00127. The third kappa shape index (κ3) is 2.36. The highest BCUT2D eigenvalue weighted by Crippen LogP contribution is 2.34.